The number of hydrogen-bond donors (Lipinski definition) is 0. The molecule has 0 aromatic rings. The first-order valence-electron chi connectivity index (χ1n) is 3.33. The van der Waals surface area contributed by atoms with Gasteiger partial charge in [0, 0.05) is 0 Å². The highest BCUT2D eigenvalue weighted by molar-refractivity contribution is 4.64. The van der Waals surface area contributed by atoms with Gasteiger partial charge in [-0.1, -0.05) is 34.1 Å². The molecule has 0 rings (SSSR count). The molecule has 0 saturated carbocycles. The van der Waals surface area contributed by atoms with E-state index in [-0.39, 0.29) is 0 Å². The quantitative estimate of drug-likeness (QED) is 0.526. The minimum atomic E-state index is 0.567. The predicted octanol–water partition coefficient (Wildman–Crippen LogP) is 2.71. The van der Waals surface area contributed by atoms with Crippen molar-refractivity contribution < 1.29 is 0 Å². The Morgan fingerprint density at radius 1 is 1.38 bits per heavy atom. The van der Waals surface area contributed by atoms with Crippen LogP contribution in [0.25, 0.3) is 0 Å². The summed E-state index contributed by atoms with van der Waals surface area (Å²) in [6.45, 7) is 12.1. The Labute approximate surface area is 53.3 Å². The van der Waals surface area contributed by atoms with Crippen molar-refractivity contribution in [2.24, 2.45) is 11.8 Å². The van der Waals surface area contributed by atoms with Gasteiger partial charge >= 0.3 is 0 Å². The summed E-state index contributed by atoms with van der Waals surface area (Å²) in [5, 5.41) is 0. The predicted molar refractivity (Wildman–Crippen MR) is 38.3 cm³/mol. The van der Waals surface area contributed by atoms with Gasteiger partial charge in [0.1, 0.15) is 0 Å². The van der Waals surface area contributed by atoms with Crippen LogP contribution in [-0.4, -0.2) is 0 Å². The summed E-state index contributed by atoms with van der Waals surface area (Å²) in [6, 6.07) is 0. The van der Waals surface area contributed by atoms with E-state index in [2.05, 4.69) is 27.7 Å². The zero-order valence-electron chi connectivity index (χ0n) is 5.98. The molecule has 2 radical (unpaired) electrons. The second-order valence-corrected chi connectivity index (χ2v) is 2.62. The van der Waals surface area contributed by atoms with Crippen molar-refractivity contribution in [1.82, 2.24) is 0 Å². The average molecular weight is 112 g/mol. The van der Waals surface area contributed by atoms with E-state index < -0.39 is 0 Å². The lowest BCUT2D eigenvalue weighted by Gasteiger charge is -2.09. The smallest absolute Gasteiger partial charge is 0.0414 e. The molecular weight excluding hydrogens is 96.1 g/mol. The van der Waals surface area contributed by atoms with Crippen LogP contribution in [-0.2, 0) is 0 Å². The van der Waals surface area contributed by atoms with Crippen LogP contribution in [0, 0.1) is 25.7 Å². The van der Waals surface area contributed by atoms with Crippen molar-refractivity contribution in [3.05, 3.63) is 13.8 Å². The third-order valence-electron chi connectivity index (χ3n) is 1.31. The molecule has 0 aromatic heterocycles. The van der Waals surface area contributed by atoms with Crippen LogP contribution in [0.1, 0.15) is 26.7 Å². The second kappa shape index (κ2) is 3.94. The number of hydrogen-bond acceptors (Lipinski definition) is 0. The lowest BCUT2D eigenvalue weighted by molar-refractivity contribution is 0.492. The van der Waals surface area contributed by atoms with Crippen molar-refractivity contribution in [3.8, 4) is 0 Å². The molecule has 0 aliphatic rings. The number of rotatable bonds is 3. The van der Waals surface area contributed by atoms with E-state index in [1.54, 1.807) is 0 Å². The van der Waals surface area contributed by atoms with E-state index in [1.807, 2.05) is 0 Å². The Morgan fingerprint density at radius 2 is 1.88 bits per heavy atom. The molecule has 0 saturated heterocycles. The van der Waals surface area contributed by atoms with Gasteiger partial charge in [-0.25, -0.2) is 0 Å². The Hall–Kier alpha value is 0. The molecule has 0 fully saturated rings. The van der Waals surface area contributed by atoms with Gasteiger partial charge in [0.15, 0.2) is 0 Å². The summed E-state index contributed by atoms with van der Waals surface area (Å²) in [4.78, 5) is 0. The first-order chi connectivity index (χ1) is 3.66. The molecule has 0 aliphatic heterocycles. The lowest BCUT2D eigenvalue weighted by atomic mass is 9.97. The topological polar surface area (TPSA) is 0 Å². The molecule has 48 valence electrons. The van der Waals surface area contributed by atoms with E-state index >= 15 is 0 Å². The summed E-state index contributed by atoms with van der Waals surface area (Å²) in [5.74, 6) is 1.18. The highest BCUT2D eigenvalue weighted by atomic mass is 14.1. The van der Waals surface area contributed by atoms with Gasteiger partial charge < -0.3 is 0 Å². The van der Waals surface area contributed by atoms with Crippen LogP contribution in [0.4, 0.5) is 0 Å². The van der Waals surface area contributed by atoms with Gasteiger partial charge in [-0.3, -0.25) is 0 Å². The highest BCUT2D eigenvalue weighted by Gasteiger charge is 2.00. The minimum Gasteiger partial charge on any atom is -0.0651 e. The van der Waals surface area contributed by atoms with Crippen LogP contribution >= 0.6 is 0 Å². The molecule has 0 heteroatoms. The first-order valence-corrected chi connectivity index (χ1v) is 3.33. The van der Waals surface area contributed by atoms with Crippen molar-refractivity contribution in [1.29, 1.82) is 0 Å². The molecule has 0 amide bonds. The Kier molecular flexibility index (Phi) is 3.94. The van der Waals surface area contributed by atoms with Crippen LogP contribution in [0.5, 0.6) is 0 Å². The maximum Gasteiger partial charge on any atom is -0.0414 e. The van der Waals surface area contributed by atoms with E-state index in [1.165, 1.54) is 6.42 Å². The van der Waals surface area contributed by atoms with Gasteiger partial charge in [-0.2, -0.15) is 0 Å². The monoisotopic (exact) mass is 112 g/mol. The molecule has 0 nitrogen and oxygen atoms in total. The Balaban J connectivity index is 3.10. The van der Waals surface area contributed by atoms with Crippen molar-refractivity contribution in [2.75, 3.05) is 0 Å². The molecule has 8 heavy (non-hydrogen) atoms. The first kappa shape index (κ1) is 8.00. The minimum absolute atomic E-state index is 0.567. The molecule has 2 atom stereocenters. The lowest BCUT2D eigenvalue weighted by Crippen LogP contribution is -1.97. The van der Waals surface area contributed by atoms with Gasteiger partial charge in [0.2, 0.25) is 0 Å². The van der Waals surface area contributed by atoms with Crippen molar-refractivity contribution in [3.63, 3.8) is 0 Å². The summed E-state index contributed by atoms with van der Waals surface area (Å²) in [6.07, 6.45) is 2.34. The molecular formula is C8H16. The molecule has 0 bridgehead atoms. The summed E-state index contributed by atoms with van der Waals surface area (Å²) in [7, 11) is 0. The van der Waals surface area contributed by atoms with Crippen molar-refractivity contribution in [2.45, 2.75) is 26.7 Å². The summed E-state index contributed by atoms with van der Waals surface area (Å²) < 4.78 is 0. The average Bonchev–Trinajstić information content (AvgIpc) is 1.65. The van der Waals surface area contributed by atoms with E-state index in [0.717, 1.165) is 6.42 Å². The van der Waals surface area contributed by atoms with E-state index in [9.17, 15) is 0 Å². The Bertz CT molecular complexity index is 46.0. The maximum atomic E-state index is 3.96. The van der Waals surface area contributed by atoms with Crippen LogP contribution < -0.4 is 0 Å². The standard InChI is InChI=1S/C8H16/c1-5-8(4)6-7(2)3/h7-8H,2,4-6H2,1,3H3. The third-order valence-corrected chi connectivity index (χ3v) is 1.31. The van der Waals surface area contributed by atoms with Crippen LogP contribution in [0.3, 0.4) is 0 Å². The third kappa shape index (κ3) is 4.17. The Morgan fingerprint density at radius 3 is 2.00 bits per heavy atom. The SMILES string of the molecule is [CH2]C(C)CC([CH2])CC. The fourth-order valence-corrected chi connectivity index (χ4v) is 0.736. The zero-order valence-corrected chi connectivity index (χ0v) is 5.98. The summed E-state index contributed by atoms with van der Waals surface area (Å²) in [5.41, 5.74) is 0. The summed E-state index contributed by atoms with van der Waals surface area (Å²) >= 11 is 0. The fourth-order valence-electron chi connectivity index (χ4n) is 0.736. The highest BCUT2D eigenvalue weighted by Crippen LogP contribution is 2.12. The van der Waals surface area contributed by atoms with Gasteiger partial charge in [-0.05, 0) is 18.3 Å². The molecule has 0 spiro atoms. The van der Waals surface area contributed by atoms with Gasteiger partial charge in [0.05, 0.1) is 0 Å². The molecule has 0 N–H and O–H groups in total. The molecule has 2 unspecified atom stereocenters. The molecule has 0 aliphatic carbocycles. The van der Waals surface area contributed by atoms with E-state index in [4.69, 9.17) is 0 Å². The fraction of sp³-hybridized carbons (Fsp3) is 0.750. The van der Waals surface area contributed by atoms with Gasteiger partial charge in [-0.15, -0.1) is 0 Å². The van der Waals surface area contributed by atoms with Gasteiger partial charge in [0.25, 0.3) is 0 Å². The second-order valence-electron chi connectivity index (χ2n) is 2.62. The van der Waals surface area contributed by atoms with E-state index in [0.29, 0.717) is 11.8 Å². The van der Waals surface area contributed by atoms with Crippen LogP contribution in [0.15, 0.2) is 0 Å². The normalized spacial score (nSPS) is 14.6. The van der Waals surface area contributed by atoms with Crippen LogP contribution in [0.2, 0.25) is 0 Å². The van der Waals surface area contributed by atoms with Crippen molar-refractivity contribution >= 4 is 0 Å². The molecule has 0 aromatic carbocycles. The zero-order chi connectivity index (χ0) is 6.57. The maximum absolute atomic E-state index is 3.96. The molecule has 0 heterocycles. The largest absolute Gasteiger partial charge is 0.0651 e.